The second-order valence-corrected chi connectivity index (χ2v) is 7.76. The Kier molecular flexibility index (Phi) is 6.88. The van der Waals surface area contributed by atoms with Crippen LogP contribution < -0.4 is 10.6 Å². The van der Waals surface area contributed by atoms with Crippen LogP contribution in [0, 0.1) is 5.92 Å². The van der Waals surface area contributed by atoms with Gasteiger partial charge in [0.15, 0.2) is 0 Å². The highest BCUT2D eigenvalue weighted by molar-refractivity contribution is 5.90. The van der Waals surface area contributed by atoms with E-state index < -0.39 is 0 Å². The summed E-state index contributed by atoms with van der Waals surface area (Å²) in [5.74, 6) is 0.604. The van der Waals surface area contributed by atoms with Crippen LogP contribution in [-0.4, -0.2) is 24.8 Å². The molecule has 1 aliphatic heterocycles. The Morgan fingerprint density at radius 3 is 2.63 bits per heavy atom. The molecule has 0 aromatic heterocycles. The molecule has 27 heavy (non-hydrogen) atoms. The highest BCUT2D eigenvalue weighted by Crippen LogP contribution is 2.21. The number of urea groups is 1. The smallest absolute Gasteiger partial charge is 0.319 e. The Morgan fingerprint density at radius 2 is 1.85 bits per heavy atom. The zero-order valence-electron chi connectivity index (χ0n) is 16.3. The van der Waals surface area contributed by atoms with Gasteiger partial charge in [0.25, 0.3) is 0 Å². The van der Waals surface area contributed by atoms with E-state index in [1.165, 1.54) is 5.56 Å². The van der Waals surface area contributed by atoms with E-state index in [4.69, 9.17) is 4.74 Å². The van der Waals surface area contributed by atoms with Gasteiger partial charge in [-0.3, -0.25) is 0 Å². The molecule has 0 radical (unpaired) electrons. The van der Waals surface area contributed by atoms with Crippen molar-refractivity contribution in [2.45, 2.75) is 51.7 Å². The third-order valence-electron chi connectivity index (χ3n) is 4.94. The predicted octanol–water partition coefficient (Wildman–Crippen LogP) is 4.99. The molecule has 2 aromatic rings. The van der Waals surface area contributed by atoms with Crippen LogP contribution in [0.5, 0.6) is 0 Å². The SMILES string of the molecule is CC(C)C[C@@H]1C[C@@H](NC(=O)Nc2ccccc2Cc2ccccc2)CCO1. The van der Waals surface area contributed by atoms with Gasteiger partial charge in [-0.25, -0.2) is 4.79 Å². The average molecular weight is 367 g/mol. The number of para-hydroxylation sites is 1. The van der Waals surface area contributed by atoms with Crippen molar-refractivity contribution in [3.8, 4) is 0 Å². The molecule has 3 rings (SSSR count). The van der Waals surface area contributed by atoms with E-state index in [0.717, 1.165) is 36.9 Å². The third-order valence-corrected chi connectivity index (χ3v) is 4.94. The Labute approximate surface area is 162 Å². The maximum absolute atomic E-state index is 12.6. The molecule has 4 nitrogen and oxygen atoms in total. The quantitative estimate of drug-likeness (QED) is 0.756. The number of nitrogens with one attached hydrogen (secondary N) is 2. The first-order valence-corrected chi connectivity index (χ1v) is 9.91. The fraction of sp³-hybridized carbons (Fsp3) is 0.435. The molecule has 1 aliphatic rings. The summed E-state index contributed by atoms with van der Waals surface area (Å²) in [6.45, 7) is 5.13. The summed E-state index contributed by atoms with van der Waals surface area (Å²) in [6.07, 6.45) is 3.84. The number of hydrogen-bond donors (Lipinski definition) is 2. The Balaban J connectivity index is 1.58. The van der Waals surface area contributed by atoms with Gasteiger partial charge in [0.1, 0.15) is 0 Å². The molecule has 2 N–H and O–H groups in total. The number of hydrogen-bond acceptors (Lipinski definition) is 2. The molecule has 0 unspecified atom stereocenters. The van der Waals surface area contributed by atoms with Crippen molar-refractivity contribution in [2.75, 3.05) is 11.9 Å². The summed E-state index contributed by atoms with van der Waals surface area (Å²) in [5, 5.41) is 6.17. The van der Waals surface area contributed by atoms with E-state index >= 15 is 0 Å². The van der Waals surface area contributed by atoms with Crippen LogP contribution in [0.25, 0.3) is 0 Å². The van der Waals surface area contributed by atoms with Crippen LogP contribution >= 0.6 is 0 Å². The lowest BCUT2D eigenvalue weighted by molar-refractivity contribution is -0.00717. The molecule has 2 atom stereocenters. The van der Waals surface area contributed by atoms with Crippen molar-refractivity contribution in [3.63, 3.8) is 0 Å². The molecule has 2 amide bonds. The number of carbonyl (C=O) groups excluding carboxylic acids is 1. The van der Waals surface area contributed by atoms with Gasteiger partial charge >= 0.3 is 6.03 Å². The van der Waals surface area contributed by atoms with Crippen molar-refractivity contribution in [1.82, 2.24) is 5.32 Å². The molecule has 0 bridgehead atoms. The lowest BCUT2D eigenvalue weighted by Crippen LogP contribution is -2.44. The number of rotatable bonds is 6. The van der Waals surface area contributed by atoms with E-state index in [-0.39, 0.29) is 18.2 Å². The van der Waals surface area contributed by atoms with E-state index in [1.807, 2.05) is 36.4 Å². The maximum Gasteiger partial charge on any atom is 0.319 e. The van der Waals surface area contributed by atoms with Crippen LogP contribution in [0.3, 0.4) is 0 Å². The average Bonchev–Trinajstić information content (AvgIpc) is 2.64. The fourth-order valence-electron chi connectivity index (χ4n) is 3.66. The predicted molar refractivity (Wildman–Crippen MR) is 110 cm³/mol. The van der Waals surface area contributed by atoms with E-state index in [2.05, 4.69) is 42.7 Å². The number of carbonyl (C=O) groups is 1. The van der Waals surface area contributed by atoms with Crippen LogP contribution in [0.1, 0.15) is 44.2 Å². The van der Waals surface area contributed by atoms with Crippen LogP contribution in [-0.2, 0) is 11.2 Å². The number of amides is 2. The van der Waals surface area contributed by atoms with Gasteiger partial charge in [0.05, 0.1) is 6.10 Å². The monoisotopic (exact) mass is 366 g/mol. The van der Waals surface area contributed by atoms with Crippen LogP contribution in [0.15, 0.2) is 54.6 Å². The van der Waals surface area contributed by atoms with Crippen molar-refractivity contribution >= 4 is 11.7 Å². The normalized spacial score (nSPS) is 19.7. The lowest BCUT2D eigenvalue weighted by atomic mass is 9.96. The molecule has 0 saturated carbocycles. The molecule has 1 heterocycles. The molecule has 1 fully saturated rings. The van der Waals surface area contributed by atoms with E-state index in [9.17, 15) is 4.79 Å². The zero-order chi connectivity index (χ0) is 19.1. The molecule has 0 spiro atoms. The fourth-order valence-corrected chi connectivity index (χ4v) is 3.66. The second-order valence-electron chi connectivity index (χ2n) is 7.76. The summed E-state index contributed by atoms with van der Waals surface area (Å²) >= 11 is 0. The van der Waals surface area contributed by atoms with Crippen molar-refractivity contribution in [3.05, 3.63) is 65.7 Å². The van der Waals surface area contributed by atoms with Gasteiger partial charge < -0.3 is 15.4 Å². The minimum Gasteiger partial charge on any atom is -0.378 e. The Hall–Kier alpha value is -2.33. The highest BCUT2D eigenvalue weighted by Gasteiger charge is 2.24. The number of anilines is 1. The van der Waals surface area contributed by atoms with Gasteiger partial charge in [0, 0.05) is 18.3 Å². The zero-order valence-corrected chi connectivity index (χ0v) is 16.3. The minimum absolute atomic E-state index is 0.134. The Bertz CT molecular complexity index is 730. The molecule has 144 valence electrons. The van der Waals surface area contributed by atoms with Gasteiger partial charge in [-0.15, -0.1) is 0 Å². The summed E-state index contributed by atoms with van der Waals surface area (Å²) in [5.41, 5.74) is 3.21. The van der Waals surface area contributed by atoms with Crippen LogP contribution in [0.4, 0.5) is 10.5 Å². The molecule has 4 heteroatoms. The first kappa shape index (κ1) is 19.4. The lowest BCUT2D eigenvalue weighted by Gasteiger charge is -2.31. The van der Waals surface area contributed by atoms with E-state index in [0.29, 0.717) is 12.5 Å². The van der Waals surface area contributed by atoms with Crippen molar-refractivity contribution in [2.24, 2.45) is 5.92 Å². The number of benzene rings is 2. The van der Waals surface area contributed by atoms with Gasteiger partial charge in [-0.2, -0.15) is 0 Å². The summed E-state index contributed by atoms with van der Waals surface area (Å²) in [6, 6.07) is 18.3. The maximum atomic E-state index is 12.6. The van der Waals surface area contributed by atoms with Gasteiger partial charge in [0.2, 0.25) is 0 Å². The molecule has 2 aromatic carbocycles. The van der Waals surface area contributed by atoms with E-state index in [1.54, 1.807) is 0 Å². The largest absolute Gasteiger partial charge is 0.378 e. The first-order chi connectivity index (χ1) is 13.1. The third kappa shape index (κ3) is 6.10. The van der Waals surface area contributed by atoms with Gasteiger partial charge in [-0.1, -0.05) is 62.4 Å². The summed E-state index contributed by atoms with van der Waals surface area (Å²) in [7, 11) is 0. The molecular formula is C23H30N2O2. The standard InChI is InChI=1S/C23H30N2O2/c1-17(2)14-21-16-20(12-13-27-21)24-23(26)25-22-11-7-6-10-19(22)15-18-8-4-3-5-9-18/h3-11,17,20-21H,12-16H2,1-2H3,(H2,24,25,26)/t20-,21+/m0/s1. The van der Waals surface area contributed by atoms with Crippen molar-refractivity contribution < 1.29 is 9.53 Å². The topological polar surface area (TPSA) is 50.4 Å². The van der Waals surface area contributed by atoms with Crippen LogP contribution in [0.2, 0.25) is 0 Å². The number of ether oxygens (including phenoxy) is 1. The minimum atomic E-state index is -0.134. The molecule has 1 saturated heterocycles. The highest BCUT2D eigenvalue weighted by atomic mass is 16.5. The Morgan fingerprint density at radius 1 is 1.11 bits per heavy atom. The van der Waals surface area contributed by atoms with Crippen molar-refractivity contribution in [1.29, 1.82) is 0 Å². The molecule has 0 aliphatic carbocycles. The summed E-state index contributed by atoms with van der Waals surface area (Å²) in [4.78, 5) is 12.6. The van der Waals surface area contributed by atoms with Gasteiger partial charge in [-0.05, 0) is 48.8 Å². The first-order valence-electron chi connectivity index (χ1n) is 9.91. The summed E-state index contributed by atoms with van der Waals surface area (Å²) < 4.78 is 5.83. The second kappa shape index (κ2) is 9.56. The molecular weight excluding hydrogens is 336 g/mol.